The highest BCUT2D eigenvalue weighted by Crippen LogP contribution is 2.38. The van der Waals surface area contributed by atoms with Crippen molar-refractivity contribution in [2.24, 2.45) is 5.41 Å². The van der Waals surface area contributed by atoms with E-state index in [4.69, 9.17) is 11.6 Å². The van der Waals surface area contributed by atoms with Crippen molar-refractivity contribution in [3.05, 3.63) is 40.4 Å². The van der Waals surface area contributed by atoms with Crippen molar-refractivity contribution in [1.82, 2.24) is 0 Å². The average molecular weight is 263 g/mol. The Morgan fingerprint density at radius 2 is 2.00 bits per heavy atom. The number of rotatable bonds is 2. The Morgan fingerprint density at radius 1 is 1.33 bits per heavy atom. The van der Waals surface area contributed by atoms with Gasteiger partial charge in [0.1, 0.15) is 0 Å². The molecule has 0 amide bonds. The maximum Gasteiger partial charge on any atom is 0.164 e. The molecule has 1 nitrogen and oxygen atoms in total. The van der Waals surface area contributed by atoms with Gasteiger partial charge in [0.15, 0.2) is 5.78 Å². The van der Waals surface area contributed by atoms with Gasteiger partial charge in [-0.05, 0) is 55.0 Å². The lowest BCUT2D eigenvalue weighted by atomic mass is 9.70. The van der Waals surface area contributed by atoms with E-state index in [1.54, 1.807) is 0 Å². The number of halogens is 1. The van der Waals surface area contributed by atoms with Crippen molar-refractivity contribution in [3.8, 4) is 0 Å². The Balaban J connectivity index is 2.27. The lowest BCUT2D eigenvalue weighted by Crippen LogP contribution is -2.32. The van der Waals surface area contributed by atoms with Gasteiger partial charge in [-0.1, -0.05) is 37.6 Å². The molecule has 0 bridgehead atoms. The number of hydrogen-bond donors (Lipinski definition) is 0. The van der Waals surface area contributed by atoms with E-state index in [1.165, 1.54) is 0 Å². The number of carbonyl (C=O) groups is 1. The van der Waals surface area contributed by atoms with E-state index in [0.717, 1.165) is 41.8 Å². The second-order valence-corrected chi connectivity index (χ2v) is 5.75. The lowest BCUT2D eigenvalue weighted by Gasteiger charge is -2.32. The molecule has 0 radical (unpaired) electrons. The summed E-state index contributed by atoms with van der Waals surface area (Å²) in [5, 5.41) is 0.727. The zero-order chi connectivity index (χ0) is 13.2. The van der Waals surface area contributed by atoms with Gasteiger partial charge >= 0.3 is 0 Å². The lowest BCUT2D eigenvalue weighted by molar-refractivity contribution is -0.125. The summed E-state index contributed by atoms with van der Waals surface area (Å²) in [6, 6.07) is 7.64. The van der Waals surface area contributed by atoms with Crippen molar-refractivity contribution in [2.75, 3.05) is 0 Å². The molecule has 0 heterocycles. The molecule has 1 aromatic rings. The highest BCUT2D eigenvalue weighted by atomic mass is 35.5. The van der Waals surface area contributed by atoms with Gasteiger partial charge in [-0.2, -0.15) is 0 Å². The predicted octanol–water partition coefficient (Wildman–Crippen LogP) is 4.89. The molecule has 18 heavy (non-hydrogen) atoms. The molecule has 1 unspecified atom stereocenters. The normalized spacial score (nSPS) is 26.6. The molecule has 1 atom stereocenters. The molecule has 2 rings (SSSR count). The maximum atomic E-state index is 12.5. The van der Waals surface area contributed by atoms with E-state index in [1.807, 2.05) is 30.3 Å². The molecule has 1 aliphatic carbocycles. The van der Waals surface area contributed by atoms with Crippen LogP contribution in [0.2, 0.25) is 5.02 Å². The molecule has 1 saturated carbocycles. The minimum absolute atomic E-state index is 0.156. The summed E-state index contributed by atoms with van der Waals surface area (Å²) in [5.74, 6) is 0.325. The average Bonchev–Trinajstić information content (AvgIpc) is 2.38. The molecular weight excluding hydrogens is 244 g/mol. The fourth-order valence-corrected chi connectivity index (χ4v) is 2.64. The fourth-order valence-electron chi connectivity index (χ4n) is 2.52. The van der Waals surface area contributed by atoms with Gasteiger partial charge in [0.05, 0.1) is 0 Å². The van der Waals surface area contributed by atoms with Gasteiger partial charge in [0.25, 0.3) is 0 Å². The van der Waals surface area contributed by atoms with Gasteiger partial charge < -0.3 is 0 Å². The van der Waals surface area contributed by atoms with Crippen LogP contribution in [0.3, 0.4) is 0 Å². The first-order valence-corrected chi connectivity index (χ1v) is 6.94. The largest absolute Gasteiger partial charge is 0.294 e. The van der Waals surface area contributed by atoms with Crippen LogP contribution in [-0.2, 0) is 4.79 Å². The van der Waals surface area contributed by atoms with Crippen molar-refractivity contribution >= 4 is 23.5 Å². The smallest absolute Gasteiger partial charge is 0.164 e. The number of carbonyl (C=O) groups excluding carboxylic acids is 1. The van der Waals surface area contributed by atoms with E-state index >= 15 is 0 Å². The van der Waals surface area contributed by atoms with Gasteiger partial charge in [-0.25, -0.2) is 0 Å². The predicted molar refractivity (Wildman–Crippen MR) is 76.7 cm³/mol. The summed E-state index contributed by atoms with van der Waals surface area (Å²) in [6.07, 6.45) is 5.96. The zero-order valence-electron chi connectivity index (χ0n) is 11.0. The third-order valence-corrected chi connectivity index (χ3v) is 4.26. The number of hydrogen-bond acceptors (Lipinski definition) is 1. The van der Waals surface area contributed by atoms with Gasteiger partial charge in [-0.15, -0.1) is 0 Å². The first-order chi connectivity index (χ1) is 8.55. The fraction of sp³-hybridized carbons (Fsp3) is 0.438. The van der Waals surface area contributed by atoms with Crippen LogP contribution in [-0.4, -0.2) is 5.78 Å². The molecule has 0 aliphatic heterocycles. The Bertz CT molecular complexity index is 472. The molecule has 0 N–H and O–H groups in total. The van der Waals surface area contributed by atoms with Gasteiger partial charge in [0.2, 0.25) is 0 Å². The minimum Gasteiger partial charge on any atom is -0.294 e. The molecule has 2 heteroatoms. The third kappa shape index (κ3) is 2.67. The summed E-state index contributed by atoms with van der Waals surface area (Å²) in [4.78, 5) is 12.5. The number of ketones is 1. The first-order valence-electron chi connectivity index (χ1n) is 6.56. The highest BCUT2D eigenvalue weighted by molar-refractivity contribution is 6.30. The Kier molecular flexibility index (Phi) is 3.91. The number of benzene rings is 1. The Morgan fingerprint density at radius 3 is 2.61 bits per heavy atom. The van der Waals surface area contributed by atoms with E-state index < -0.39 is 0 Å². The van der Waals surface area contributed by atoms with Crippen LogP contribution < -0.4 is 0 Å². The molecule has 96 valence electrons. The maximum absolute atomic E-state index is 12.5. The summed E-state index contributed by atoms with van der Waals surface area (Å²) < 4.78 is 0. The van der Waals surface area contributed by atoms with Crippen LogP contribution in [0.5, 0.6) is 0 Å². The SMILES string of the molecule is CCC1(C)CCC/C(=C\c2ccc(Cl)cc2)C1=O. The standard InChI is InChI=1S/C16H19ClO/c1-3-16(2)10-4-5-13(15(16)18)11-12-6-8-14(17)9-7-12/h6-9,11H,3-5,10H2,1-2H3/b13-11+. The van der Waals surface area contributed by atoms with Gasteiger partial charge in [-0.3, -0.25) is 4.79 Å². The van der Waals surface area contributed by atoms with Gasteiger partial charge in [0, 0.05) is 10.4 Å². The van der Waals surface area contributed by atoms with E-state index in [-0.39, 0.29) is 5.41 Å². The highest BCUT2D eigenvalue weighted by Gasteiger charge is 2.36. The van der Waals surface area contributed by atoms with Crippen LogP contribution in [0.1, 0.15) is 45.1 Å². The van der Waals surface area contributed by atoms with Crippen molar-refractivity contribution in [1.29, 1.82) is 0 Å². The second kappa shape index (κ2) is 5.27. The molecule has 0 saturated heterocycles. The molecule has 0 aromatic heterocycles. The minimum atomic E-state index is -0.156. The monoisotopic (exact) mass is 262 g/mol. The molecule has 1 aromatic carbocycles. The molecular formula is C16H19ClO. The second-order valence-electron chi connectivity index (χ2n) is 5.32. The zero-order valence-corrected chi connectivity index (χ0v) is 11.8. The van der Waals surface area contributed by atoms with Crippen molar-refractivity contribution in [2.45, 2.75) is 39.5 Å². The van der Waals surface area contributed by atoms with Crippen LogP contribution in [0.15, 0.2) is 29.8 Å². The molecule has 1 aliphatic rings. The van der Waals surface area contributed by atoms with Crippen LogP contribution >= 0.6 is 11.6 Å². The quantitative estimate of drug-likeness (QED) is 0.694. The van der Waals surface area contributed by atoms with Crippen molar-refractivity contribution < 1.29 is 4.79 Å². The molecule has 1 fully saturated rings. The van der Waals surface area contributed by atoms with E-state index in [9.17, 15) is 4.79 Å². The molecule has 0 spiro atoms. The van der Waals surface area contributed by atoms with Crippen molar-refractivity contribution in [3.63, 3.8) is 0 Å². The third-order valence-electron chi connectivity index (χ3n) is 4.01. The summed E-state index contributed by atoms with van der Waals surface area (Å²) in [7, 11) is 0. The Labute approximate surface area is 114 Å². The summed E-state index contributed by atoms with van der Waals surface area (Å²) in [5.41, 5.74) is 1.87. The number of Topliss-reactive ketones (excluding diaryl/α,β-unsaturated/α-hetero) is 1. The first kappa shape index (κ1) is 13.4. The van der Waals surface area contributed by atoms with Crippen LogP contribution in [0.4, 0.5) is 0 Å². The number of allylic oxidation sites excluding steroid dienone is 1. The van der Waals surface area contributed by atoms with Crippen LogP contribution in [0.25, 0.3) is 6.08 Å². The summed E-state index contributed by atoms with van der Waals surface area (Å²) in [6.45, 7) is 4.19. The van der Waals surface area contributed by atoms with E-state index in [0.29, 0.717) is 5.78 Å². The topological polar surface area (TPSA) is 17.1 Å². The summed E-state index contributed by atoms with van der Waals surface area (Å²) >= 11 is 5.86. The van der Waals surface area contributed by atoms with E-state index in [2.05, 4.69) is 13.8 Å². The Hall–Kier alpha value is -1.08. The van der Waals surface area contributed by atoms with Crippen LogP contribution in [0, 0.1) is 5.41 Å².